The Balaban J connectivity index is 1.82. The molecule has 8 nitrogen and oxygen atoms in total. The van der Waals surface area contributed by atoms with E-state index in [4.69, 9.17) is 4.74 Å². The lowest BCUT2D eigenvalue weighted by atomic mass is 10.0. The van der Waals surface area contributed by atoms with Gasteiger partial charge in [0, 0.05) is 19.0 Å². The average Bonchev–Trinajstić information content (AvgIpc) is 3.02. The Hall–Kier alpha value is -4.63. The Labute approximate surface area is 266 Å². The van der Waals surface area contributed by atoms with Gasteiger partial charge in [-0.1, -0.05) is 78.4 Å². The highest BCUT2D eigenvalue weighted by Gasteiger charge is 2.35. The summed E-state index contributed by atoms with van der Waals surface area (Å²) in [4.78, 5) is 29.9. The maximum absolute atomic E-state index is 14.6. The summed E-state index contributed by atoms with van der Waals surface area (Å²) in [6.45, 7) is 6.96. The van der Waals surface area contributed by atoms with Gasteiger partial charge in [0.1, 0.15) is 18.3 Å². The second kappa shape index (κ2) is 14.9. The molecule has 4 rings (SSSR count). The fraction of sp³-hybridized carbons (Fsp3) is 0.278. The normalized spacial score (nSPS) is 12.0. The topological polar surface area (TPSA) is 96.0 Å². The van der Waals surface area contributed by atoms with Crippen molar-refractivity contribution in [3.05, 3.63) is 125 Å². The van der Waals surface area contributed by atoms with Gasteiger partial charge in [0.25, 0.3) is 10.0 Å². The van der Waals surface area contributed by atoms with Gasteiger partial charge in [-0.2, -0.15) is 0 Å². The number of hydrogen-bond donors (Lipinski definition) is 1. The van der Waals surface area contributed by atoms with Crippen LogP contribution in [0.25, 0.3) is 0 Å². The van der Waals surface area contributed by atoms with Crippen LogP contribution in [-0.2, 0) is 32.6 Å². The predicted octanol–water partition coefficient (Wildman–Crippen LogP) is 5.67. The number of benzene rings is 4. The van der Waals surface area contributed by atoms with Crippen LogP contribution in [0.15, 0.2) is 108 Å². The zero-order chi connectivity index (χ0) is 32.6. The third kappa shape index (κ3) is 8.51. The Morgan fingerprint density at radius 3 is 2.11 bits per heavy atom. The van der Waals surface area contributed by atoms with E-state index >= 15 is 0 Å². The monoisotopic (exact) mass is 627 g/mol. The molecule has 45 heavy (non-hydrogen) atoms. The van der Waals surface area contributed by atoms with Crippen molar-refractivity contribution >= 4 is 27.5 Å². The number of carbonyl (C=O) groups excluding carboxylic acids is 2. The number of rotatable bonds is 13. The van der Waals surface area contributed by atoms with Crippen molar-refractivity contribution in [1.29, 1.82) is 0 Å². The van der Waals surface area contributed by atoms with E-state index in [9.17, 15) is 18.0 Å². The summed E-state index contributed by atoms with van der Waals surface area (Å²) in [6.07, 6.45) is 0.240. The second-order valence-electron chi connectivity index (χ2n) is 11.4. The summed E-state index contributed by atoms with van der Waals surface area (Å²) in [5.74, 6) is -0.236. The lowest BCUT2D eigenvalue weighted by Crippen LogP contribution is -2.54. The number of amides is 2. The van der Waals surface area contributed by atoms with E-state index in [2.05, 4.69) is 5.32 Å². The Kier molecular flexibility index (Phi) is 11.0. The van der Waals surface area contributed by atoms with Crippen LogP contribution in [-0.4, -0.2) is 50.9 Å². The quantitative estimate of drug-likeness (QED) is 0.206. The molecular formula is C36H41N3O5S. The van der Waals surface area contributed by atoms with Crippen molar-refractivity contribution in [2.75, 3.05) is 18.0 Å². The number of sulfonamides is 1. The molecule has 0 saturated carbocycles. The zero-order valence-corrected chi connectivity index (χ0v) is 27.3. The molecule has 0 bridgehead atoms. The molecule has 1 atom stereocenters. The highest BCUT2D eigenvalue weighted by atomic mass is 32.2. The van der Waals surface area contributed by atoms with E-state index in [0.29, 0.717) is 17.0 Å². The van der Waals surface area contributed by atoms with Gasteiger partial charge in [-0.05, 0) is 74.7 Å². The van der Waals surface area contributed by atoms with Crippen LogP contribution in [0.5, 0.6) is 5.75 Å². The van der Waals surface area contributed by atoms with E-state index in [1.54, 1.807) is 62.6 Å². The minimum Gasteiger partial charge on any atom is -0.497 e. The summed E-state index contributed by atoms with van der Waals surface area (Å²) in [5, 5.41) is 2.97. The van der Waals surface area contributed by atoms with Crippen LogP contribution in [0.3, 0.4) is 0 Å². The number of anilines is 1. The number of nitrogens with one attached hydrogen (secondary N) is 1. The van der Waals surface area contributed by atoms with Crippen LogP contribution in [0.2, 0.25) is 0 Å². The molecule has 0 aliphatic heterocycles. The molecule has 0 saturated heterocycles. The molecule has 4 aromatic rings. The lowest BCUT2D eigenvalue weighted by Gasteiger charge is -2.34. The van der Waals surface area contributed by atoms with Crippen molar-refractivity contribution < 1.29 is 22.7 Å². The fourth-order valence-corrected chi connectivity index (χ4v) is 6.57. The first-order valence-corrected chi connectivity index (χ1v) is 16.4. The third-order valence-electron chi connectivity index (χ3n) is 7.46. The second-order valence-corrected chi connectivity index (χ2v) is 13.2. The van der Waals surface area contributed by atoms with Gasteiger partial charge in [-0.15, -0.1) is 0 Å². The lowest BCUT2D eigenvalue weighted by molar-refractivity contribution is -0.140. The highest BCUT2D eigenvalue weighted by Crippen LogP contribution is 2.28. The standard InChI is InChI=1S/C36H41N3O5S/c1-26(2)37-36(41)34(23-29-13-7-6-8-14-29)38(24-30-15-11-16-31(22-30)44-5)35(40)25-39(33-17-10-9-12-28(33)4)45(42,43)32-20-18-27(3)19-21-32/h6-22,26,34H,23-25H2,1-5H3,(H,37,41)/t34-/m1/s1. The smallest absolute Gasteiger partial charge is 0.264 e. The van der Waals surface area contributed by atoms with Gasteiger partial charge >= 0.3 is 0 Å². The number of nitrogens with zero attached hydrogens (tertiary/aromatic N) is 2. The molecule has 2 amide bonds. The summed E-state index contributed by atoms with van der Waals surface area (Å²) in [6, 6.07) is 29.3. The molecule has 0 radical (unpaired) electrons. The number of ether oxygens (including phenoxy) is 1. The molecule has 4 aromatic carbocycles. The molecule has 0 aliphatic carbocycles. The van der Waals surface area contributed by atoms with Crippen LogP contribution >= 0.6 is 0 Å². The van der Waals surface area contributed by atoms with Crippen molar-refractivity contribution in [1.82, 2.24) is 10.2 Å². The largest absolute Gasteiger partial charge is 0.497 e. The van der Waals surface area contributed by atoms with Crippen LogP contribution in [0, 0.1) is 13.8 Å². The number of carbonyl (C=O) groups is 2. The summed E-state index contributed by atoms with van der Waals surface area (Å²) >= 11 is 0. The summed E-state index contributed by atoms with van der Waals surface area (Å²) in [7, 11) is -2.60. The van der Waals surface area contributed by atoms with Gasteiger partial charge < -0.3 is 15.0 Å². The molecule has 0 spiro atoms. The van der Waals surface area contributed by atoms with E-state index in [-0.39, 0.29) is 29.8 Å². The molecule has 0 fully saturated rings. The molecule has 9 heteroatoms. The van der Waals surface area contributed by atoms with Crippen molar-refractivity contribution in [2.24, 2.45) is 0 Å². The first-order valence-electron chi connectivity index (χ1n) is 14.9. The van der Waals surface area contributed by atoms with Crippen LogP contribution in [0.4, 0.5) is 5.69 Å². The van der Waals surface area contributed by atoms with Crippen molar-refractivity contribution in [2.45, 2.75) is 57.6 Å². The number of methoxy groups -OCH3 is 1. The van der Waals surface area contributed by atoms with E-state index in [1.807, 2.05) is 75.4 Å². The Bertz CT molecular complexity index is 1710. The van der Waals surface area contributed by atoms with E-state index in [1.165, 1.54) is 4.90 Å². The minimum atomic E-state index is -4.16. The van der Waals surface area contributed by atoms with Gasteiger partial charge in [-0.3, -0.25) is 13.9 Å². The Morgan fingerprint density at radius 1 is 0.822 bits per heavy atom. The molecule has 236 valence electrons. The predicted molar refractivity (Wildman–Crippen MR) is 178 cm³/mol. The number of aryl methyl sites for hydroxylation is 2. The van der Waals surface area contributed by atoms with Gasteiger partial charge in [-0.25, -0.2) is 8.42 Å². The van der Waals surface area contributed by atoms with Gasteiger partial charge in [0.15, 0.2) is 0 Å². The minimum absolute atomic E-state index is 0.0608. The molecule has 0 heterocycles. The van der Waals surface area contributed by atoms with Crippen LogP contribution < -0.4 is 14.4 Å². The maximum Gasteiger partial charge on any atom is 0.264 e. The van der Waals surface area contributed by atoms with Gasteiger partial charge in [0.2, 0.25) is 11.8 Å². The van der Waals surface area contributed by atoms with Crippen molar-refractivity contribution in [3.63, 3.8) is 0 Å². The molecule has 0 aromatic heterocycles. The van der Waals surface area contributed by atoms with Crippen LogP contribution in [0.1, 0.15) is 36.1 Å². The Morgan fingerprint density at radius 2 is 1.47 bits per heavy atom. The first kappa shape index (κ1) is 33.3. The SMILES string of the molecule is COc1cccc(CN(C(=O)CN(c2ccccc2C)S(=O)(=O)c2ccc(C)cc2)[C@H](Cc2ccccc2)C(=O)NC(C)C)c1. The number of para-hydroxylation sites is 1. The molecule has 0 aliphatic rings. The maximum atomic E-state index is 14.6. The molecule has 1 N–H and O–H groups in total. The highest BCUT2D eigenvalue weighted by molar-refractivity contribution is 7.92. The molecule has 0 unspecified atom stereocenters. The fourth-order valence-electron chi connectivity index (χ4n) is 5.10. The average molecular weight is 628 g/mol. The summed E-state index contributed by atoms with van der Waals surface area (Å²) < 4.78 is 35.0. The van der Waals surface area contributed by atoms with E-state index < -0.39 is 28.5 Å². The van der Waals surface area contributed by atoms with E-state index in [0.717, 1.165) is 21.0 Å². The number of hydrogen-bond acceptors (Lipinski definition) is 5. The van der Waals surface area contributed by atoms with Gasteiger partial charge in [0.05, 0.1) is 17.7 Å². The first-order chi connectivity index (χ1) is 21.5. The third-order valence-corrected chi connectivity index (χ3v) is 9.24. The molecular weight excluding hydrogens is 586 g/mol. The summed E-state index contributed by atoms with van der Waals surface area (Å²) in [5.41, 5.74) is 3.60. The van der Waals surface area contributed by atoms with Crippen molar-refractivity contribution in [3.8, 4) is 5.75 Å². The zero-order valence-electron chi connectivity index (χ0n) is 26.4.